The Bertz CT molecular complexity index is 956. The van der Waals surface area contributed by atoms with Gasteiger partial charge in [0.2, 0.25) is 11.9 Å². The van der Waals surface area contributed by atoms with Crippen LogP contribution in [0.2, 0.25) is 0 Å². The van der Waals surface area contributed by atoms with Crippen molar-refractivity contribution >= 4 is 17.5 Å². The Morgan fingerprint density at radius 2 is 1.92 bits per heavy atom. The third-order valence-electron chi connectivity index (χ3n) is 4.28. The average Bonchev–Trinajstić information content (AvgIpc) is 2.78. The van der Waals surface area contributed by atoms with E-state index in [1.807, 2.05) is 24.3 Å². The quantitative estimate of drug-likeness (QED) is 0.758. The standard InChI is InChI=1S/C20H17FN4O/c21-15-7-5-13(6-8-15)9-10-22-20-23-12-14-11-18(26)24-17-4-2-1-3-16(17)19(14)25-20/h1-8,12H,9-11H2,(H,24,26)(H,22,23,25). The van der Waals surface area contributed by atoms with Gasteiger partial charge in [0.15, 0.2) is 0 Å². The van der Waals surface area contributed by atoms with Crippen molar-refractivity contribution in [3.63, 3.8) is 0 Å². The lowest BCUT2D eigenvalue weighted by atomic mass is 10.1. The van der Waals surface area contributed by atoms with Gasteiger partial charge in [-0.2, -0.15) is 0 Å². The zero-order valence-electron chi connectivity index (χ0n) is 14.0. The highest BCUT2D eigenvalue weighted by atomic mass is 19.1. The third-order valence-corrected chi connectivity index (χ3v) is 4.28. The highest BCUT2D eigenvalue weighted by Crippen LogP contribution is 2.32. The average molecular weight is 348 g/mol. The van der Waals surface area contributed by atoms with Crippen molar-refractivity contribution in [1.82, 2.24) is 9.97 Å². The summed E-state index contributed by atoms with van der Waals surface area (Å²) in [5.41, 5.74) is 4.24. The molecule has 0 atom stereocenters. The van der Waals surface area contributed by atoms with Crippen LogP contribution in [0.4, 0.5) is 16.0 Å². The first kappa shape index (κ1) is 16.2. The normalized spacial score (nSPS) is 12.6. The highest BCUT2D eigenvalue weighted by molar-refractivity contribution is 5.99. The first-order chi connectivity index (χ1) is 12.7. The van der Waals surface area contributed by atoms with Crippen molar-refractivity contribution in [1.29, 1.82) is 0 Å². The van der Waals surface area contributed by atoms with E-state index in [4.69, 9.17) is 0 Å². The molecule has 0 fully saturated rings. The SMILES string of the molecule is O=C1Cc2cnc(NCCc3ccc(F)cc3)nc2-c2ccccc2N1. The van der Waals surface area contributed by atoms with Gasteiger partial charge in [0, 0.05) is 23.9 Å². The lowest BCUT2D eigenvalue weighted by Gasteiger charge is -2.10. The van der Waals surface area contributed by atoms with E-state index >= 15 is 0 Å². The van der Waals surface area contributed by atoms with Crippen molar-refractivity contribution in [2.24, 2.45) is 0 Å². The second-order valence-corrected chi connectivity index (χ2v) is 6.14. The van der Waals surface area contributed by atoms with Gasteiger partial charge in [-0.05, 0) is 30.2 Å². The first-order valence-electron chi connectivity index (χ1n) is 8.42. The van der Waals surface area contributed by atoms with E-state index in [0.29, 0.717) is 12.5 Å². The summed E-state index contributed by atoms with van der Waals surface area (Å²) < 4.78 is 13.0. The summed E-state index contributed by atoms with van der Waals surface area (Å²) in [7, 11) is 0. The van der Waals surface area contributed by atoms with Gasteiger partial charge in [-0.25, -0.2) is 14.4 Å². The van der Waals surface area contributed by atoms with Crippen molar-refractivity contribution in [2.75, 3.05) is 17.2 Å². The van der Waals surface area contributed by atoms with Gasteiger partial charge in [-0.1, -0.05) is 30.3 Å². The highest BCUT2D eigenvalue weighted by Gasteiger charge is 2.20. The van der Waals surface area contributed by atoms with Crippen LogP contribution in [0.1, 0.15) is 11.1 Å². The Labute approximate surface area is 150 Å². The minimum absolute atomic E-state index is 0.0724. The summed E-state index contributed by atoms with van der Waals surface area (Å²) in [6.45, 7) is 0.628. The summed E-state index contributed by atoms with van der Waals surface area (Å²) >= 11 is 0. The molecule has 2 aromatic carbocycles. The van der Waals surface area contributed by atoms with Gasteiger partial charge >= 0.3 is 0 Å². The van der Waals surface area contributed by atoms with Crippen LogP contribution in [-0.4, -0.2) is 22.4 Å². The topological polar surface area (TPSA) is 66.9 Å². The van der Waals surface area contributed by atoms with Crippen LogP contribution in [0.15, 0.2) is 54.7 Å². The molecule has 0 saturated heterocycles. The number of rotatable bonds is 4. The van der Waals surface area contributed by atoms with Crippen LogP contribution in [0.5, 0.6) is 0 Å². The number of para-hydroxylation sites is 1. The number of benzene rings is 2. The number of halogens is 1. The van der Waals surface area contributed by atoms with Crippen LogP contribution in [0.3, 0.4) is 0 Å². The molecule has 0 saturated carbocycles. The number of amides is 1. The van der Waals surface area contributed by atoms with Crippen LogP contribution in [0, 0.1) is 5.82 Å². The molecule has 130 valence electrons. The Hall–Kier alpha value is -3.28. The Morgan fingerprint density at radius 3 is 2.77 bits per heavy atom. The van der Waals surface area contributed by atoms with Gasteiger partial charge in [0.05, 0.1) is 17.8 Å². The monoisotopic (exact) mass is 348 g/mol. The van der Waals surface area contributed by atoms with Gasteiger partial charge in [0.25, 0.3) is 0 Å². The maximum Gasteiger partial charge on any atom is 0.228 e. The molecule has 0 radical (unpaired) electrons. The predicted octanol–water partition coefficient (Wildman–Crippen LogP) is 3.43. The molecule has 0 spiro atoms. The first-order valence-corrected chi connectivity index (χ1v) is 8.42. The van der Waals surface area contributed by atoms with Crippen LogP contribution < -0.4 is 10.6 Å². The summed E-state index contributed by atoms with van der Waals surface area (Å²) in [4.78, 5) is 21.0. The minimum atomic E-state index is -0.238. The minimum Gasteiger partial charge on any atom is -0.354 e. The van der Waals surface area contributed by atoms with Crippen molar-refractivity contribution < 1.29 is 9.18 Å². The second kappa shape index (κ2) is 6.92. The molecular formula is C20H17FN4O. The summed E-state index contributed by atoms with van der Waals surface area (Å²) in [6, 6.07) is 14.0. The molecule has 2 N–H and O–H groups in total. The van der Waals surface area contributed by atoms with Gasteiger partial charge < -0.3 is 10.6 Å². The van der Waals surface area contributed by atoms with Gasteiger partial charge in [-0.3, -0.25) is 4.79 Å². The molecule has 4 rings (SSSR count). The zero-order chi connectivity index (χ0) is 17.9. The van der Waals surface area contributed by atoms with E-state index in [1.165, 1.54) is 12.1 Å². The molecule has 0 unspecified atom stereocenters. The molecular weight excluding hydrogens is 331 g/mol. The van der Waals surface area contributed by atoms with Crippen molar-refractivity contribution in [3.05, 3.63) is 71.7 Å². The smallest absolute Gasteiger partial charge is 0.228 e. The molecule has 0 aliphatic carbocycles. The fourth-order valence-corrected chi connectivity index (χ4v) is 2.99. The maximum absolute atomic E-state index is 13.0. The molecule has 26 heavy (non-hydrogen) atoms. The molecule has 0 bridgehead atoms. The fraction of sp³-hybridized carbons (Fsp3) is 0.150. The molecule has 5 nitrogen and oxygen atoms in total. The summed E-state index contributed by atoms with van der Waals surface area (Å²) in [6.07, 6.45) is 2.68. The molecule has 6 heteroatoms. The molecule has 1 aliphatic heterocycles. The van der Waals surface area contributed by atoms with Crippen LogP contribution >= 0.6 is 0 Å². The zero-order valence-corrected chi connectivity index (χ0v) is 14.0. The lowest BCUT2D eigenvalue weighted by molar-refractivity contribution is -0.115. The fourth-order valence-electron chi connectivity index (χ4n) is 2.99. The van der Waals surface area contributed by atoms with E-state index in [1.54, 1.807) is 18.3 Å². The molecule has 2 heterocycles. The van der Waals surface area contributed by atoms with Crippen LogP contribution in [0.25, 0.3) is 11.3 Å². The Morgan fingerprint density at radius 1 is 1.12 bits per heavy atom. The van der Waals surface area contributed by atoms with E-state index in [2.05, 4.69) is 20.6 Å². The van der Waals surface area contributed by atoms with E-state index < -0.39 is 0 Å². The van der Waals surface area contributed by atoms with Crippen molar-refractivity contribution in [2.45, 2.75) is 12.8 Å². The number of carbonyl (C=O) groups excluding carboxylic acids is 1. The maximum atomic E-state index is 13.0. The number of carbonyl (C=O) groups is 1. The van der Waals surface area contributed by atoms with Crippen LogP contribution in [-0.2, 0) is 17.6 Å². The molecule has 3 aromatic rings. The van der Waals surface area contributed by atoms with Gasteiger partial charge in [-0.15, -0.1) is 0 Å². The summed E-state index contributed by atoms with van der Waals surface area (Å²) in [5.74, 6) is 0.199. The number of nitrogens with one attached hydrogen (secondary N) is 2. The number of hydrogen-bond acceptors (Lipinski definition) is 4. The van der Waals surface area contributed by atoms with E-state index in [0.717, 1.165) is 34.5 Å². The number of aromatic nitrogens is 2. The molecule has 1 aliphatic rings. The summed E-state index contributed by atoms with van der Waals surface area (Å²) in [5, 5.41) is 6.10. The Balaban J connectivity index is 1.54. The number of hydrogen-bond donors (Lipinski definition) is 2. The van der Waals surface area contributed by atoms with E-state index in [-0.39, 0.29) is 18.1 Å². The van der Waals surface area contributed by atoms with Crippen molar-refractivity contribution in [3.8, 4) is 11.3 Å². The Kier molecular flexibility index (Phi) is 4.31. The third kappa shape index (κ3) is 3.39. The number of fused-ring (bicyclic) bond motifs is 3. The predicted molar refractivity (Wildman–Crippen MR) is 98.4 cm³/mol. The second-order valence-electron chi connectivity index (χ2n) is 6.14. The number of nitrogens with zero attached hydrogens (tertiary/aromatic N) is 2. The van der Waals surface area contributed by atoms with E-state index in [9.17, 15) is 9.18 Å². The molecule has 1 aromatic heterocycles. The lowest BCUT2D eigenvalue weighted by Crippen LogP contribution is -2.13. The molecule has 1 amide bonds. The largest absolute Gasteiger partial charge is 0.354 e. The number of anilines is 2. The van der Waals surface area contributed by atoms with Gasteiger partial charge in [0.1, 0.15) is 5.82 Å².